The number of nitrogens with one attached hydrogen (secondary N) is 2. The van der Waals surface area contributed by atoms with E-state index in [1.54, 1.807) is 5.32 Å². The number of hydrogen-bond acceptors (Lipinski definition) is 6. The van der Waals surface area contributed by atoms with Gasteiger partial charge in [-0.3, -0.25) is 25.0 Å². The molecule has 0 spiro atoms. The lowest BCUT2D eigenvalue weighted by Crippen LogP contribution is -2.87. The van der Waals surface area contributed by atoms with Crippen LogP contribution in [0.5, 0.6) is 0 Å². The molecule has 142 valence electrons. The van der Waals surface area contributed by atoms with E-state index in [4.69, 9.17) is 11.6 Å². The van der Waals surface area contributed by atoms with E-state index in [1.807, 2.05) is 0 Å². The van der Waals surface area contributed by atoms with Gasteiger partial charge < -0.3 is 16.0 Å². The molecule has 0 fully saturated rings. The zero-order valence-electron chi connectivity index (χ0n) is 14.1. The summed E-state index contributed by atoms with van der Waals surface area (Å²) in [5.41, 5.74) is 0.927. The van der Waals surface area contributed by atoms with E-state index >= 15 is 0 Å². The van der Waals surface area contributed by atoms with Gasteiger partial charge in [0.25, 0.3) is 17.3 Å². The molecule has 0 atom stereocenters. The Hall–Kier alpha value is -3.24. The topological polar surface area (TPSA) is 144 Å². The molecule has 0 bridgehead atoms. The number of nitrogens with two attached hydrogens (primary N) is 1. The highest BCUT2D eigenvalue weighted by Crippen LogP contribution is 2.26. The maximum atomic E-state index is 11.8. The third kappa shape index (κ3) is 6.20. The number of rotatable bonds is 9. The average Bonchev–Trinajstić information content (AvgIpc) is 2.62. The van der Waals surface area contributed by atoms with Crippen molar-refractivity contribution in [1.29, 1.82) is 0 Å². The number of carbonyl (C=O) groups excluding carboxylic acids is 1. The maximum absolute atomic E-state index is 11.8. The van der Waals surface area contributed by atoms with Crippen molar-refractivity contribution in [2.75, 3.05) is 30.3 Å². The normalized spacial score (nSPS) is 10.3. The highest BCUT2D eigenvalue weighted by Gasteiger charge is 2.10. The van der Waals surface area contributed by atoms with Gasteiger partial charge in [-0.1, -0.05) is 11.6 Å². The molecule has 11 heteroatoms. The molecule has 0 saturated heterocycles. The first-order chi connectivity index (χ1) is 12.9. The van der Waals surface area contributed by atoms with E-state index in [9.17, 15) is 25.0 Å². The molecule has 1 amide bonds. The molecule has 0 aliphatic heterocycles. The Kier molecular flexibility index (Phi) is 7.03. The number of quaternary nitrogens is 1. The van der Waals surface area contributed by atoms with Crippen LogP contribution in [-0.2, 0) is 4.79 Å². The number of benzene rings is 2. The first-order valence-corrected chi connectivity index (χ1v) is 8.28. The van der Waals surface area contributed by atoms with Crippen molar-refractivity contribution in [3.05, 3.63) is 67.7 Å². The summed E-state index contributed by atoms with van der Waals surface area (Å²) in [5, 5.41) is 28.9. The fourth-order valence-electron chi connectivity index (χ4n) is 2.18. The van der Waals surface area contributed by atoms with Crippen LogP contribution in [0.2, 0.25) is 5.02 Å². The van der Waals surface area contributed by atoms with Crippen LogP contribution in [0.25, 0.3) is 0 Å². The number of hydrogen-bond donors (Lipinski definition) is 3. The Balaban J connectivity index is 1.70. The number of nitro groups is 2. The standard InChI is InChI=1S/C16H16ClN5O5/c17-14-9-13(22(26)27)5-6-15(14)19-8-7-18-10-16(23)20-11-1-3-12(4-2-11)21(24)25/h1-6,9,18-19H,7-8,10H2,(H,20,23)/p+1. The van der Waals surface area contributed by atoms with Gasteiger partial charge in [0, 0.05) is 30.0 Å². The molecule has 27 heavy (non-hydrogen) atoms. The van der Waals surface area contributed by atoms with E-state index < -0.39 is 9.85 Å². The minimum absolute atomic E-state index is 0.0458. The Morgan fingerprint density at radius 2 is 1.67 bits per heavy atom. The Morgan fingerprint density at radius 1 is 1.04 bits per heavy atom. The molecule has 0 aliphatic carbocycles. The summed E-state index contributed by atoms with van der Waals surface area (Å²) in [4.78, 5) is 32.0. The van der Waals surface area contributed by atoms with Gasteiger partial charge in [0.1, 0.15) is 0 Å². The van der Waals surface area contributed by atoms with Crippen LogP contribution in [0, 0.1) is 20.2 Å². The summed E-state index contributed by atoms with van der Waals surface area (Å²) < 4.78 is 0. The lowest BCUT2D eigenvalue weighted by molar-refractivity contribution is -0.640. The molecule has 10 nitrogen and oxygen atoms in total. The summed E-state index contributed by atoms with van der Waals surface area (Å²) >= 11 is 5.97. The summed E-state index contributed by atoms with van der Waals surface area (Å²) in [6.45, 7) is 1.25. The Labute approximate surface area is 158 Å². The fraction of sp³-hybridized carbons (Fsp3) is 0.188. The number of amides is 1. The molecule has 0 saturated carbocycles. The highest BCUT2D eigenvalue weighted by molar-refractivity contribution is 6.33. The van der Waals surface area contributed by atoms with Crippen LogP contribution in [0.15, 0.2) is 42.5 Å². The quantitative estimate of drug-likeness (QED) is 0.336. The first-order valence-electron chi connectivity index (χ1n) is 7.90. The number of carbonyl (C=O) groups is 1. The summed E-state index contributed by atoms with van der Waals surface area (Å²) in [5.74, 6) is -0.239. The van der Waals surface area contributed by atoms with Crippen LogP contribution >= 0.6 is 11.6 Å². The minimum atomic E-state index is -0.521. The lowest BCUT2D eigenvalue weighted by atomic mass is 10.3. The summed E-state index contributed by atoms with van der Waals surface area (Å²) in [6, 6.07) is 9.72. The highest BCUT2D eigenvalue weighted by atomic mass is 35.5. The predicted molar refractivity (Wildman–Crippen MR) is 100.0 cm³/mol. The van der Waals surface area contributed by atoms with Gasteiger partial charge >= 0.3 is 0 Å². The van der Waals surface area contributed by atoms with Crippen molar-refractivity contribution in [3.8, 4) is 0 Å². The number of non-ortho nitro benzene ring substituents is 2. The molecule has 0 unspecified atom stereocenters. The van der Waals surface area contributed by atoms with Crippen LogP contribution in [-0.4, -0.2) is 35.4 Å². The van der Waals surface area contributed by atoms with E-state index in [1.165, 1.54) is 42.5 Å². The summed E-state index contributed by atoms with van der Waals surface area (Å²) in [6.07, 6.45) is 0. The number of nitrogens with zero attached hydrogens (tertiary/aromatic N) is 2. The smallest absolute Gasteiger partial charge is 0.279 e. The molecular formula is C16H17ClN5O5+. The molecule has 2 aromatic carbocycles. The van der Waals surface area contributed by atoms with Gasteiger partial charge in [0.2, 0.25) is 0 Å². The van der Waals surface area contributed by atoms with Crippen LogP contribution in [0.3, 0.4) is 0 Å². The van der Waals surface area contributed by atoms with Gasteiger partial charge in [-0.2, -0.15) is 0 Å². The maximum Gasteiger partial charge on any atom is 0.279 e. The third-order valence-electron chi connectivity index (χ3n) is 3.52. The Bertz CT molecular complexity index is 844. The SMILES string of the molecule is O=C(C[NH2+]CCNc1ccc([N+](=O)[O-])cc1Cl)Nc1ccc([N+](=O)[O-])cc1. The fourth-order valence-corrected chi connectivity index (χ4v) is 2.42. The van der Waals surface area contributed by atoms with Crippen molar-refractivity contribution in [2.45, 2.75) is 0 Å². The van der Waals surface area contributed by atoms with Crippen molar-refractivity contribution < 1.29 is 20.0 Å². The minimum Gasteiger partial charge on any atom is -0.378 e. The Morgan fingerprint density at radius 3 is 2.26 bits per heavy atom. The summed E-state index contributed by atoms with van der Waals surface area (Å²) in [7, 11) is 0. The third-order valence-corrected chi connectivity index (χ3v) is 3.83. The van der Waals surface area contributed by atoms with E-state index in [2.05, 4.69) is 10.6 Å². The van der Waals surface area contributed by atoms with Crippen molar-refractivity contribution >= 4 is 40.3 Å². The monoisotopic (exact) mass is 394 g/mol. The molecular weight excluding hydrogens is 378 g/mol. The first kappa shape index (κ1) is 20.1. The molecule has 0 aromatic heterocycles. The molecule has 0 aliphatic rings. The zero-order chi connectivity index (χ0) is 19.8. The molecule has 0 heterocycles. The van der Waals surface area contributed by atoms with Crippen molar-refractivity contribution in [1.82, 2.24) is 0 Å². The second-order valence-electron chi connectivity index (χ2n) is 5.48. The van der Waals surface area contributed by atoms with Gasteiger partial charge in [-0.05, 0) is 18.2 Å². The van der Waals surface area contributed by atoms with Gasteiger partial charge in [-0.15, -0.1) is 0 Å². The van der Waals surface area contributed by atoms with E-state index in [0.29, 0.717) is 24.5 Å². The van der Waals surface area contributed by atoms with Crippen LogP contribution in [0.1, 0.15) is 0 Å². The molecule has 2 rings (SSSR count). The van der Waals surface area contributed by atoms with Crippen molar-refractivity contribution in [3.63, 3.8) is 0 Å². The van der Waals surface area contributed by atoms with Crippen molar-refractivity contribution in [2.24, 2.45) is 0 Å². The van der Waals surface area contributed by atoms with Crippen LogP contribution < -0.4 is 16.0 Å². The average molecular weight is 395 g/mol. The predicted octanol–water partition coefficient (Wildman–Crippen LogP) is 1.77. The largest absolute Gasteiger partial charge is 0.378 e. The lowest BCUT2D eigenvalue weighted by Gasteiger charge is -2.08. The number of anilines is 2. The van der Waals surface area contributed by atoms with Gasteiger partial charge in [0.15, 0.2) is 6.54 Å². The second kappa shape index (κ2) is 9.46. The van der Waals surface area contributed by atoms with Gasteiger partial charge in [0.05, 0.1) is 33.6 Å². The number of halogens is 1. The van der Waals surface area contributed by atoms with Crippen LogP contribution in [0.4, 0.5) is 22.7 Å². The molecule has 0 radical (unpaired) electrons. The second-order valence-corrected chi connectivity index (χ2v) is 5.89. The molecule has 2 aromatic rings. The van der Waals surface area contributed by atoms with E-state index in [-0.39, 0.29) is 28.8 Å². The molecule has 4 N–H and O–H groups in total. The van der Waals surface area contributed by atoms with Gasteiger partial charge in [-0.25, -0.2) is 0 Å². The van der Waals surface area contributed by atoms with E-state index in [0.717, 1.165) is 0 Å². The number of nitro benzene ring substituents is 2. The zero-order valence-corrected chi connectivity index (χ0v) is 14.8.